The second-order valence-corrected chi connectivity index (χ2v) is 6.10. The molecule has 0 saturated heterocycles. The fourth-order valence-electron chi connectivity index (χ4n) is 2.53. The Labute approximate surface area is 153 Å². The summed E-state index contributed by atoms with van der Waals surface area (Å²) in [5.41, 5.74) is 2.09. The van der Waals surface area contributed by atoms with Gasteiger partial charge in [0.25, 0.3) is 0 Å². The molecule has 0 bridgehead atoms. The molecule has 140 valence electrons. The summed E-state index contributed by atoms with van der Waals surface area (Å²) < 4.78 is 10.2. The predicted molar refractivity (Wildman–Crippen MR) is 99.8 cm³/mol. The van der Waals surface area contributed by atoms with E-state index in [1.165, 1.54) is 11.1 Å². The van der Waals surface area contributed by atoms with Crippen LogP contribution in [-0.4, -0.2) is 57.3 Å². The minimum atomic E-state index is -0.442. The van der Waals surface area contributed by atoms with Crippen molar-refractivity contribution >= 4 is 28.5 Å². The van der Waals surface area contributed by atoms with Crippen LogP contribution in [-0.2, 0) is 9.47 Å². The number of esters is 2. The summed E-state index contributed by atoms with van der Waals surface area (Å²) in [5.74, 6) is -0.845. The zero-order chi connectivity index (χ0) is 19.1. The van der Waals surface area contributed by atoms with Gasteiger partial charge in [-0.05, 0) is 32.0 Å². The first kappa shape index (κ1) is 19.7. The van der Waals surface area contributed by atoms with Gasteiger partial charge < -0.3 is 19.7 Å². The molecule has 0 atom stereocenters. The standard InChI is InChI=1S/C19H25N3O4/c1-5-25-18(23)13-7-8-16-14(11-13)17(20-9-10-22(3)4)15(12-21-16)19(24)26-6-2/h7-8,11-12H,5-6,9-10H2,1-4H3,(H,20,21)/p+1. The number of ether oxygens (including phenoxy) is 2. The molecule has 2 N–H and O–H groups in total. The van der Waals surface area contributed by atoms with Crippen molar-refractivity contribution in [3.05, 3.63) is 35.5 Å². The van der Waals surface area contributed by atoms with E-state index in [2.05, 4.69) is 24.4 Å². The van der Waals surface area contributed by atoms with Crippen molar-refractivity contribution < 1.29 is 24.0 Å². The molecule has 0 aliphatic heterocycles. The number of aromatic nitrogens is 1. The van der Waals surface area contributed by atoms with Crippen LogP contribution in [0.4, 0.5) is 5.69 Å². The predicted octanol–water partition coefficient (Wildman–Crippen LogP) is 1.14. The highest BCUT2D eigenvalue weighted by Gasteiger charge is 2.18. The normalized spacial score (nSPS) is 10.8. The Morgan fingerprint density at radius 2 is 1.81 bits per heavy atom. The van der Waals surface area contributed by atoms with Crippen LogP contribution in [0.2, 0.25) is 0 Å². The molecule has 1 aromatic heterocycles. The lowest BCUT2D eigenvalue weighted by Gasteiger charge is -2.15. The number of quaternary nitrogens is 1. The average molecular weight is 360 g/mol. The van der Waals surface area contributed by atoms with Gasteiger partial charge in [-0.2, -0.15) is 0 Å². The lowest BCUT2D eigenvalue weighted by molar-refractivity contribution is -0.856. The Balaban J connectivity index is 2.51. The Hall–Kier alpha value is -2.67. The van der Waals surface area contributed by atoms with Crippen LogP contribution in [0.25, 0.3) is 10.9 Å². The summed E-state index contributed by atoms with van der Waals surface area (Å²) >= 11 is 0. The van der Waals surface area contributed by atoms with E-state index in [1.54, 1.807) is 32.0 Å². The molecule has 1 heterocycles. The molecule has 2 aromatic rings. The van der Waals surface area contributed by atoms with E-state index in [0.29, 0.717) is 40.9 Å². The third kappa shape index (κ3) is 4.70. The molecule has 0 saturated carbocycles. The first-order valence-electron chi connectivity index (χ1n) is 8.77. The molecule has 0 aliphatic carbocycles. The number of nitrogens with one attached hydrogen (secondary N) is 2. The SMILES string of the molecule is CCOC(=O)c1ccc2ncc(C(=O)OCC)c(NCC[NH+](C)C)c2c1. The van der Waals surface area contributed by atoms with Crippen LogP contribution in [0.15, 0.2) is 24.4 Å². The van der Waals surface area contributed by atoms with Crippen LogP contribution in [0.1, 0.15) is 34.6 Å². The molecule has 1 aromatic carbocycles. The highest BCUT2D eigenvalue weighted by atomic mass is 16.5. The summed E-state index contributed by atoms with van der Waals surface area (Å²) in [6.07, 6.45) is 1.51. The number of carbonyl (C=O) groups is 2. The van der Waals surface area contributed by atoms with E-state index in [-0.39, 0.29) is 6.61 Å². The van der Waals surface area contributed by atoms with Gasteiger partial charge in [0, 0.05) is 11.6 Å². The maximum Gasteiger partial charge on any atom is 0.341 e. The second kappa shape index (κ2) is 9.15. The van der Waals surface area contributed by atoms with Crippen LogP contribution < -0.4 is 10.2 Å². The molecular formula is C19H26N3O4+. The van der Waals surface area contributed by atoms with Gasteiger partial charge >= 0.3 is 11.9 Å². The molecule has 2 rings (SSSR count). The fraction of sp³-hybridized carbons (Fsp3) is 0.421. The quantitative estimate of drug-likeness (QED) is 0.687. The van der Waals surface area contributed by atoms with Gasteiger partial charge in [-0.25, -0.2) is 9.59 Å². The van der Waals surface area contributed by atoms with Crippen molar-refractivity contribution in [2.45, 2.75) is 13.8 Å². The van der Waals surface area contributed by atoms with Gasteiger partial charge in [0.2, 0.25) is 0 Å². The van der Waals surface area contributed by atoms with E-state index >= 15 is 0 Å². The number of rotatable bonds is 8. The Morgan fingerprint density at radius 3 is 2.46 bits per heavy atom. The first-order valence-corrected chi connectivity index (χ1v) is 8.77. The number of nitrogens with zero attached hydrogens (tertiary/aromatic N) is 1. The van der Waals surface area contributed by atoms with Crippen molar-refractivity contribution in [3.8, 4) is 0 Å². The number of anilines is 1. The van der Waals surface area contributed by atoms with E-state index in [4.69, 9.17) is 9.47 Å². The Bertz CT molecular complexity index is 784. The minimum Gasteiger partial charge on any atom is -0.462 e. The maximum atomic E-state index is 12.3. The van der Waals surface area contributed by atoms with E-state index in [0.717, 1.165) is 6.54 Å². The van der Waals surface area contributed by atoms with E-state index in [1.807, 2.05) is 0 Å². The van der Waals surface area contributed by atoms with Crippen molar-refractivity contribution in [2.24, 2.45) is 0 Å². The number of likely N-dealkylation sites (N-methyl/N-ethyl adjacent to an activating group) is 1. The number of fused-ring (bicyclic) bond motifs is 1. The highest BCUT2D eigenvalue weighted by Crippen LogP contribution is 2.28. The zero-order valence-corrected chi connectivity index (χ0v) is 15.7. The second-order valence-electron chi connectivity index (χ2n) is 6.10. The largest absolute Gasteiger partial charge is 0.462 e. The summed E-state index contributed by atoms with van der Waals surface area (Å²) in [6, 6.07) is 5.12. The Kier molecular flexibility index (Phi) is 6.91. The van der Waals surface area contributed by atoms with Crippen molar-refractivity contribution in [3.63, 3.8) is 0 Å². The van der Waals surface area contributed by atoms with Crippen LogP contribution in [0.5, 0.6) is 0 Å². The van der Waals surface area contributed by atoms with Gasteiger partial charge in [-0.3, -0.25) is 4.98 Å². The lowest BCUT2D eigenvalue weighted by atomic mass is 10.1. The van der Waals surface area contributed by atoms with Gasteiger partial charge in [-0.1, -0.05) is 0 Å². The third-order valence-electron chi connectivity index (χ3n) is 3.80. The van der Waals surface area contributed by atoms with E-state index < -0.39 is 11.9 Å². The van der Waals surface area contributed by atoms with Gasteiger partial charge in [-0.15, -0.1) is 0 Å². The zero-order valence-electron chi connectivity index (χ0n) is 15.7. The van der Waals surface area contributed by atoms with Crippen LogP contribution >= 0.6 is 0 Å². The lowest BCUT2D eigenvalue weighted by Crippen LogP contribution is -3.06. The third-order valence-corrected chi connectivity index (χ3v) is 3.80. The number of pyridine rings is 1. The molecule has 0 spiro atoms. The molecule has 26 heavy (non-hydrogen) atoms. The molecule has 7 heteroatoms. The van der Waals surface area contributed by atoms with Crippen molar-refractivity contribution in [2.75, 3.05) is 45.7 Å². The molecule has 0 unspecified atom stereocenters. The van der Waals surface area contributed by atoms with Gasteiger partial charge in [0.05, 0.1) is 57.2 Å². The van der Waals surface area contributed by atoms with Crippen molar-refractivity contribution in [1.82, 2.24) is 4.98 Å². The summed E-state index contributed by atoms with van der Waals surface area (Å²) in [7, 11) is 4.11. The Morgan fingerprint density at radius 1 is 1.12 bits per heavy atom. The smallest absolute Gasteiger partial charge is 0.341 e. The molecule has 0 radical (unpaired) electrons. The molecule has 0 fully saturated rings. The number of carbonyl (C=O) groups excluding carboxylic acids is 2. The molecule has 0 amide bonds. The van der Waals surface area contributed by atoms with Gasteiger partial charge in [0.15, 0.2) is 0 Å². The van der Waals surface area contributed by atoms with Gasteiger partial charge in [0.1, 0.15) is 5.56 Å². The van der Waals surface area contributed by atoms with Crippen LogP contribution in [0, 0.1) is 0 Å². The summed E-state index contributed by atoms with van der Waals surface area (Å²) in [5, 5.41) is 4.00. The molecule has 0 aliphatic rings. The average Bonchev–Trinajstić information content (AvgIpc) is 2.61. The number of hydrogen-bond acceptors (Lipinski definition) is 6. The molecular weight excluding hydrogens is 334 g/mol. The van der Waals surface area contributed by atoms with Crippen LogP contribution in [0.3, 0.4) is 0 Å². The van der Waals surface area contributed by atoms with E-state index in [9.17, 15) is 9.59 Å². The summed E-state index contributed by atoms with van der Waals surface area (Å²) in [6.45, 7) is 5.63. The van der Waals surface area contributed by atoms with Crippen molar-refractivity contribution in [1.29, 1.82) is 0 Å². The first-order chi connectivity index (χ1) is 12.5. The maximum absolute atomic E-state index is 12.3. The topological polar surface area (TPSA) is 82.0 Å². The highest BCUT2D eigenvalue weighted by molar-refractivity contribution is 6.06. The number of hydrogen-bond donors (Lipinski definition) is 2. The monoisotopic (exact) mass is 360 g/mol. The molecule has 7 nitrogen and oxygen atoms in total. The summed E-state index contributed by atoms with van der Waals surface area (Å²) in [4.78, 5) is 30.0. The number of benzene rings is 1. The minimum absolute atomic E-state index is 0.279. The fourth-order valence-corrected chi connectivity index (χ4v) is 2.53.